The highest BCUT2D eigenvalue weighted by Crippen LogP contribution is 2.12. The van der Waals surface area contributed by atoms with Crippen LogP contribution in [0.4, 0.5) is 0 Å². The van der Waals surface area contributed by atoms with Crippen LogP contribution in [0.5, 0.6) is 5.75 Å². The van der Waals surface area contributed by atoms with Gasteiger partial charge in [0.2, 0.25) is 0 Å². The largest absolute Gasteiger partial charge is 0.494 e. The number of imidazole rings is 1. The third-order valence-electron chi connectivity index (χ3n) is 2.97. The van der Waals surface area contributed by atoms with Crippen LogP contribution in [0.1, 0.15) is 25.3 Å². The molecule has 0 spiro atoms. The molecule has 0 aliphatic heterocycles. The Balaban J connectivity index is 0.00000180. The van der Waals surface area contributed by atoms with Crippen LogP contribution in [0.2, 0.25) is 0 Å². The second-order valence-electron chi connectivity index (χ2n) is 4.35. The molecule has 0 bridgehead atoms. The maximum absolute atomic E-state index is 5.70. The molecule has 0 saturated heterocycles. The van der Waals surface area contributed by atoms with Gasteiger partial charge in [-0.3, -0.25) is 0 Å². The summed E-state index contributed by atoms with van der Waals surface area (Å²) in [6, 6.07) is 8.35. The Morgan fingerprint density at radius 3 is 2.58 bits per heavy atom. The first-order valence-corrected chi connectivity index (χ1v) is 6.56. The summed E-state index contributed by atoms with van der Waals surface area (Å²) in [7, 11) is 0. The fourth-order valence-corrected chi connectivity index (χ4v) is 1.83. The Morgan fingerprint density at radius 1 is 1.16 bits per heavy atom. The summed E-state index contributed by atoms with van der Waals surface area (Å²) in [4.78, 5) is 4.02. The standard InChI is InChI=1S/C15H20N2O.ClH/c1-2-14-5-7-15(8-6-14)18-12-4-3-10-17-11-9-16-13-17;/h5-9,11,13H,2-4,10,12H2,1H3;1H. The van der Waals surface area contributed by atoms with Crippen molar-refractivity contribution < 1.29 is 4.74 Å². The topological polar surface area (TPSA) is 27.1 Å². The molecule has 3 nitrogen and oxygen atoms in total. The molecule has 19 heavy (non-hydrogen) atoms. The van der Waals surface area contributed by atoms with E-state index in [2.05, 4.69) is 40.7 Å². The molecule has 0 atom stereocenters. The first kappa shape index (κ1) is 15.6. The van der Waals surface area contributed by atoms with Crippen molar-refractivity contribution in [2.45, 2.75) is 32.7 Å². The van der Waals surface area contributed by atoms with E-state index in [1.54, 1.807) is 0 Å². The Morgan fingerprint density at radius 2 is 1.95 bits per heavy atom. The van der Waals surface area contributed by atoms with Crippen molar-refractivity contribution in [3.05, 3.63) is 48.5 Å². The van der Waals surface area contributed by atoms with Gasteiger partial charge in [0.25, 0.3) is 0 Å². The van der Waals surface area contributed by atoms with Gasteiger partial charge in [-0.1, -0.05) is 19.1 Å². The van der Waals surface area contributed by atoms with Gasteiger partial charge < -0.3 is 9.30 Å². The van der Waals surface area contributed by atoms with Gasteiger partial charge in [0.15, 0.2) is 0 Å². The maximum atomic E-state index is 5.70. The monoisotopic (exact) mass is 280 g/mol. The number of rotatable bonds is 7. The molecule has 0 unspecified atom stereocenters. The molecule has 1 heterocycles. The summed E-state index contributed by atoms with van der Waals surface area (Å²) < 4.78 is 7.79. The second-order valence-corrected chi connectivity index (χ2v) is 4.35. The van der Waals surface area contributed by atoms with E-state index >= 15 is 0 Å². The van der Waals surface area contributed by atoms with Crippen LogP contribution in [-0.4, -0.2) is 16.2 Å². The molecule has 104 valence electrons. The number of unbranched alkanes of at least 4 members (excludes halogenated alkanes) is 1. The van der Waals surface area contributed by atoms with Crippen LogP contribution in [0.3, 0.4) is 0 Å². The summed E-state index contributed by atoms with van der Waals surface area (Å²) in [6.07, 6.45) is 8.91. The Hall–Kier alpha value is -1.48. The fourth-order valence-electron chi connectivity index (χ4n) is 1.83. The number of hydrogen-bond donors (Lipinski definition) is 0. The van der Waals surface area contributed by atoms with E-state index in [1.165, 1.54) is 5.56 Å². The molecule has 0 aliphatic carbocycles. The van der Waals surface area contributed by atoms with Gasteiger partial charge in [0.1, 0.15) is 5.75 Å². The number of benzene rings is 1. The first-order valence-electron chi connectivity index (χ1n) is 6.56. The Kier molecular flexibility index (Phi) is 7.04. The molecule has 0 fully saturated rings. The van der Waals surface area contributed by atoms with Gasteiger partial charge in [-0.05, 0) is 37.0 Å². The molecule has 2 aromatic rings. The van der Waals surface area contributed by atoms with Gasteiger partial charge in [0, 0.05) is 18.9 Å². The lowest BCUT2D eigenvalue weighted by Crippen LogP contribution is -2.01. The third-order valence-corrected chi connectivity index (χ3v) is 2.97. The highest BCUT2D eigenvalue weighted by Gasteiger charge is 1.95. The average molecular weight is 281 g/mol. The van der Waals surface area contributed by atoms with Crippen molar-refractivity contribution in [3.8, 4) is 5.75 Å². The first-order chi connectivity index (χ1) is 8.88. The van der Waals surface area contributed by atoms with E-state index < -0.39 is 0 Å². The van der Waals surface area contributed by atoms with Crippen LogP contribution >= 0.6 is 12.4 Å². The molecule has 2 rings (SSSR count). The van der Waals surface area contributed by atoms with Crippen LogP contribution in [0.25, 0.3) is 0 Å². The normalized spacial score (nSPS) is 9.95. The number of aromatic nitrogens is 2. The molecular weight excluding hydrogens is 260 g/mol. The Bertz CT molecular complexity index is 440. The van der Waals surface area contributed by atoms with Gasteiger partial charge in [-0.15, -0.1) is 12.4 Å². The SMILES string of the molecule is CCc1ccc(OCCCCn2ccnc2)cc1.Cl. The lowest BCUT2D eigenvalue weighted by Gasteiger charge is -2.07. The molecule has 0 amide bonds. The molecule has 0 saturated carbocycles. The number of halogens is 1. The van der Waals surface area contributed by atoms with Crippen LogP contribution < -0.4 is 4.74 Å². The number of aryl methyl sites for hydroxylation is 2. The minimum absolute atomic E-state index is 0. The molecule has 0 radical (unpaired) electrons. The molecule has 1 aromatic carbocycles. The van der Waals surface area contributed by atoms with Crippen LogP contribution in [-0.2, 0) is 13.0 Å². The highest BCUT2D eigenvalue weighted by atomic mass is 35.5. The molecule has 4 heteroatoms. The summed E-state index contributed by atoms with van der Waals surface area (Å²) in [6.45, 7) is 3.95. The fraction of sp³-hybridized carbons (Fsp3) is 0.400. The van der Waals surface area contributed by atoms with Gasteiger partial charge >= 0.3 is 0 Å². The second kappa shape index (κ2) is 8.59. The van der Waals surface area contributed by atoms with Gasteiger partial charge in [-0.2, -0.15) is 0 Å². The van der Waals surface area contributed by atoms with E-state index in [4.69, 9.17) is 4.74 Å². The predicted octanol–water partition coefficient (Wildman–Crippen LogP) is 3.73. The summed E-state index contributed by atoms with van der Waals surface area (Å²) in [5, 5.41) is 0. The van der Waals surface area contributed by atoms with E-state index in [9.17, 15) is 0 Å². The molecular formula is C15H21ClN2O. The quantitative estimate of drug-likeness (QED) is 0.723. The lowest BCUT2D eigenvalue weighted by molar-refractivity contribution is 0.303. The predicted molar refractivity (Wildman–Crippen MR) is 80.0 cm³/mol. The van der Waals surface area contributed by atoms with Crippen molar-refractivity contribution in [1.29, 1.82) is 0 Å². The lowest BCUT2D eigenvalue weighted by atomic mass is 10.2. The highest BCUT2D eigenvalue weighted by molar-refractivity contribution is 5.85. The molecule has 0 aliphatic rings. The van der Waals surface area contributed by atoms with Crippen LogP contribution in [0, 0.1) is 0 Å². The average Bonchev–Trinajstić information content (AvgIpc) is 2.92. The molecule has 0 N–H and O–H groups in total. The van der Waals surface area contributed by atoms with Crippen molar-refractivity contribution in [1.82, 2.24) is 9.55 Å². The van der Waals surface area contributed by atoms with E-state index in [0.717, 1.165) is 38.2 Å². The minimum Gasteiger partial charge on any atom is -0.494 e. The number of nitrogens with zero attached hydrogens (tertiary/aromatic N) is 2. The van der Waals surface area contributed by atoms with Crippen molar-refractivity contribution in [2.24, 2.45) is 0 Å². The van der Waals surface area contributed by atoms with Gasteiger partial charge in [0.05, 0.1) is 12.9 Å². The zero-order chi connectivity index (χ0) is 12.6. The van der Waals surface area contributed by atoms with Crippen LogP contribution in [0.15, 0.2) is 43.0 Å². The minimum atomic E-state index is 0. The zero-order valence-electron chi connectivity index (χ0n) is 11.3. The third kappa shape index (κ3) is 5.35. The smallest absolute Gasteiger partial charge is 0.119 e. The Labute approximate surface area is 121 Å². The van der Waals surface area contributed by atoms with E-state index in [1.807, 2.05) is 18.7 Å². The van der Waals surface area contributed by atoms with Crippen molar-refractivity contribution in [3.63, 3.8) is 0 Å². The number of ether oxygens (including phenoxy) is 1. The molecule has 1 aromatic heterocycles. The maximum Gasteiger partial charge on any atom is 0.119 e. The van der Waals surface area contributed by atoms with Gasteiger partial charge in [-0.25, -0.2) is 4.98 Å². The van der Waals surface area contributed by atoms with E-state index in [0.29, 0.717) is 0 Å². The zero-order valence-corrected chi connectivity index (χ0v) is 12.1. The van der Waals surface area contributed by atoms with Crippen molar-refractivity contribution >= 4 is 12.4 Å². The number of hydrogen-bond acceptors (Lipinski definition) is 2. The van der Waals surface area contributed by atoms with E-state index in [-0.39, 0.29) is 12.4 Å². The summed E-state index contributed by atoms with van der Waals surface area (Å²) in [5.74, 6) is 0.967. The summed E-state index contributed by atoms with van der Waals surface area (Å²) in [5.41, 5.74) is 1.35. The summed E-state index contributed by atoms with van der Waals surface area (Å²) >= 11 is 0. The van der Waals surface area contributed by atoms with Crippen molar-refractivity contribution in [2.75, 3.05) is 6.61 Å².